The van der Waals surface area contributed by atoms with Gasteiger partial charge in [-0.3, -0.25) is 4.79 Å². The van der Waals surface area contributed by atoms with Gasteiger partial charge in [-0.2, -0.15) is 11.8 Å². The lowest BCUT2D eigenvalue weighted by Gasteiger charge is -2.38. The molecule has 1 aromatic rings. The Morgan fingerprint density at radius 2 is 2.00 bits per heavy atom. The summed E-state index contributed by atoms with van der Waals surface area (Å²) < 4.78 is 0. The first-order valence-electron chi connectivity index (χ1n) is 7.18. The summed E-state index contributed by atoms with van der Waals surface area (Å²) in [5.74, 6) is 0.595. The van der Waals surface area contributed by atoms with E-state index in [4.69, 9.17) is 0 Å². The van der Waals surface area contributed by atoms with Crippen LogP contribution in [0.5, 0.6) is 0 Å². The van der Waals surface area contributed by atoms with Crippen LogP contribution in [-0.2, 0) is 0 Å². The number of thioether (sulfide) groups is 1. The van der Waals surface area contributed by atoms with E-state index in [2.05, 4.69) is 18.3 Å². The molecule has 0 aliphatic carbocycles. The number of rotatable bonds is 3. The molecule has 2 aliphatic heterocycles. The topological polar surface area (TPSA) is 17.1 Å². The van der Waals surface area contributed by atoms with Crippen LogP contribution in [0, 0.1) is 5.92 Å². The summed E-state index contributed by atoms with van der Waals surface area (Å²) in [6.45, 7) is 3.78. The van der Waals surface area contributed by atoms with Gasteiger partial charge in [-0.1, -0.05) is 37.3 Å². The molecule has 1 aromatic carbocycles. The van der Waals surface area contributed by atoms with E-state index in [9.17, 15) is 4.79 Å². The van der Waals surface area contributed by atoms with Gasteiger partial charge in [0.2, 0.25) is 0 Å². The Morgan fingerprint density at radius 1 is 1.26 bits per heavy atom. The van der Waals surface area contributed by atoms with E-state index in [0.29, 0.717) is 5.78 Å². The lowest BCUT2D eigenvalue weighted by atomic mass is 9.84. The number of carbonyl (C=O) groups excluding carboxylic acids is 1. The Balaban J connectivity index is 1.77. The predicted octanol–water partition coefficient (Wildman–Crippen LogP) is 4.58. The second-order valence-electron chi connectivity index (χ2n) is 5.67. The molecule has 2 fully saturated rings. The third kappa shape index (κ3) is 2.79. The van der Waals surface area contributed by atoms with E-state index in [1.54, 1.807) is 0 Å². The molecule has 100 valence electrons. The number of fused-ring (bicyclic) bond motifs is 2. The van der Waals surface area contributed by atoms with Gasteiger partial charge < -0.3 is 0 Å². The molecule has 0 amide bonds. The number of ketones is 1. The van der Waals surface area contributed by atoms with E-state index in [-0.39, 0.29) is 5.92 Å². The quantitative estimate of drug-likeness (QED) is 0.749. The van der Waals surface area contributed by atoms with Crippen LogP contribution in [0.4, 0.5) is 0 Å². The molecular formula is C17H20OS. The maximum atomic E-state index is 12.7. The first-order chi connectivity index (χ1) is 9.26. The molecule has 2 heterocycles. The number of carbonyl (C=O) groups is 1. The first kappa shape index (κ1) is 13.0. The molecule has 0 saturated carbocycles. The Bertz CT molecular complexity index is 482. The van der Waals surface area contributed by atoms with Gasteiger partial charge in [-0.15, -0.1) is 0 Å². The summed E-state index contributed by atoms with van der Waals surface area (Å²) in [6.07, 6.45) is 7.93. The van der Waals surface area contributed by atoms with Crippen molar-refractivity contribution in [1.29, 1.82) is 0 Å². The zero-order chi connectivity index (χ0) is 13.2. The third-order valence-corrected chi connectivity index (χ3v) is 5.94. The van der Waals surface area contributed by atoms with Gasteiger partial charge in [0.15, 0.2) is 5.78 Å². The molecular weight excluding hydrogens is 252 g/mol. The lowest BCUT2D eigenvalue weighted by Crippen LogP contribution is -2.32. The highest BCUT2D eigenvalue weighted by Crippen LogP contribution is 2.44. The van der Waals surface area contributed by atoms with Crippen LogP contribution in [0.25, 0.3) is 6.08 Å². The van der Waals surface area contributed by atoms with Crippen molar-refractivity contribution >= 4 is 23.6 Å². The van der Waals surface area contributed by atoms with Gasteiger partial charge in [0.25, 0.3) is 0 Å². The van der Waals surface area contributed by atoms with Crippen LogP contribution >= 0.6 is 11.8 Å². The van der Waals surface area contributed by atoms with Crippen molar-refractivity contribution in [1.82, 2.24) is 0 Å². The van der Waals surface area contributed by atoms with E-state index in [1.165, 1.54) is 19.3 Å². The number of hydrogen-bond donors (Lipinski definition) is 0. The van der Waals surface area contributed by atoms with Gasteiger partial charge in [0.05, 0.1) is 0 Å². The number of Topliss-reactive ketones (excluding diaryl/α,β-unsaturated/α-hetero) is 1. The van der Waals surface area contributed by atoms with Gasteiger partial charge in [-0.05, 0) is 37.3 Å². The maximum absolute atomic E-state index is 12.7. The predicted molar refractivity (Wildman–Crippen MR) is 82.6 cm³/mol. The van der Waals surface area contributed by atoms with Crippen molar-refractivity contribution in [3.63, 3.8) is 0 Å². The summed E-state index contributed by atoms with van der Waals surface area (Å²) in [5.41, 5.74) is 1.91. The third-order valence-electron chi connectivity index (χ3n) is 4.31. The van der Waals surface area contributed by atoms with E-state index >= 15 is 0 Å². The fourth-order valence-electron chi connectivity index (χ4n) is 3.33. The molecule has 2 aliphatic rings. The second kappa shape index (κ2) is 5.54. The summed E-state index contributed by atoms with van der Waals surface area (Å²) in [6, 6.07) is 7.89. The molecule has 2 bridgehead atoms. The van der Waals surface area contributed by atoms with Crippen LogP contribution in [0.1, 0.15) is 48.0 Å². The molecule has 2 saturated heterocycles. The largest absolute Gasteiger partial charge is 0.294 e. The highest BCUT2D eigenvalue weighted by Gasteiger charge is 2.35. The van der Waals surface area contributed by atoms with Crippen LogP contribution in [0.15, 0.2) is 30.8 Å². The standard InChI is InChI=1S/C17H20OS/c1-2-12-5-3-6-13(9-12)17(18)14-10-15-7-4-8-16(11-14)19-15/h2-3,5-6,9,14-16H,1,4,7-8,10-11H2. The summed E-state index contributed by atoms with van der Waals surface area (Å²) in [7, 11) is 0. The molecule has 0 radical (unpaired) electrons. The van der Waals surface area contributed by atoms with Crippen molar-refractivity contribution in [3.05, 3.63) is 42.0 Å². The van der Waals surface area contributed by atoms with Crippen molar-refractivity contribution in [2.24, 2.45) is 5.92 Å². The minimum Gasteiger partial charge on any atom is -0.294 e. The fraction of sp³-hybridized carbons (Fsp3) is 0.471. The zero-order valence-corrected chi connectivity index (χ0v) is 12.0. The number of hydrogen-bond acceptors (Lipinski definition) is 2. The molecule has 2 atom stereocenters. The minimum atomic E-state index is 0.247. The van der Waals surface area contributed by atoms with Gasteiger partial charge in [-0.25, -0.2) is 0 Å². The zero-order valence-electron chi connectivity index (χ0n) is 11.2. The van der Waals surface area contributed by atoms with Crippen LogP contribution < -0.4 is 0 Å². The first-order valence-corrected chi connectivity index (χ1v) is 8.12. The van der Waals surface area contributed by atoms with Crippen molar-refractivity contribution < 1.29 is 4.79 Å². The molecule has 2 unspecified atom stereocenters. The van der Waals surface area contributed by atoms with E-state index < -0.39 is 0 Å². The summed E-state index contributed by atoms with van der Waals surface area (Å²) >= 11 is 2.13. The molecule has 0 aromatic heterocycles. The highest BCUT2D eigenvalue weighted by atomic mass is 32.2. The normalized spacial score (nSPS) is 29.8. The van der Waals surface area contributed by atoms with Gasteiger partial charge in [0.1, 0.15) is 0 Å². The van der Waals surface area contributed by atoms with E-state index in [1.807, 2.05) is 30.3 Å². The number of benzene rings is 1. The van der Waals surface area contributed by atoms with Crippen molar-refractivity contribution in [3.8, 4) is 0 Å². The Labute approximate surface area is 119 Å². The molecule has 19 heavy (non-hydrogen) atoms. The van der Waals surface area contributed by atoms with Gasteiger partial charge in [0, 0.05) is 22.0 Å². The average Bonchev–Trinajstić information content (AvgIpc) is 2.46. The van der Waals surface area contributed by atoms with Crippen molar-refractivity contribution in [2.75, 3.05) is 0 Å². The van der Waals surface area contributed by atoms with Crippen LogP contribution in [-0.4, -0.2) is 16.3 Å². The van der Waals surface area contributed by atoms with Crippen LogP contribution in [0.3, 0.4) is 0 Å². The van der Waals surface area contributed by atoms with Crippen LogP contribution in [0.2, 0.25) is 0 Å². The smallest absolute Gasteiger partial charge is 0.166 e. The molecule has 3 rings (SSSR count). The van der Waals surface area contributed by atoms with E-state index in [0.717, 1.165) is 34.5 Å². The van der Waals surface area contributed by atoms with Crippen molar-refractivity contribution in [2.45, 2.75) is 42.6 Å². The minimum absolute atomic E-state index is 0.247. The Hall–Kier alpha value is -1.02. The Morgan fingerprint density at radius 3 is 2.68 bits per heavy atom. The summed E-state index contributed by atoms with van der Waals surface area (Å²) in [5, 5.41) is 1.45. The summed E-state index contributed by atoms with van der Waals surface area (Å²) in [4.78, 5) is 12.7. The monoisotopic (exact) mass is 272 g/mol. The molecule has 2 heteroatoms. The maximum Gasteiger partial charge on any atom is 0.166 e. The molecule has 0 spiro atoms. The SMILES string of the molecule is C=Cc1cccc(C(=O)C2CC3CCCC(C2)S3)c1. The lowest BCUT2D eigenvalue weighted by molar-refractivity contribution is 0.0896. The Kier molecular flexibility index (Phi) is 3.79. The fourth-order valence-corrected chi connectivity index (χ4v) is 5.16. The molecule has 0 N–H and O–H groups in total. The van der Waals surface area contributed by atoms with Gasteiger partial charge >= 0.3 is 0 Å². The highest BCUT2D eigenvalue weighted by molar-refractivity contribution is 8.00. The molecule has 1 nitrogen and oxygen atoms in total. The second-order valence-corrected chi connectivity index (χ2v) is 7.28. The average molecular weight is 272 g/mol.